The lowest BCUT2D eigenvalue weighted by Crippen LogP contribution is -2.37. The van der Waals surface area contributed by atoms with Gasteiger partial charge in [-0.05, 0) is 56.4 Å². The van der Waals surface area contributed by atoms with Gasteiger partial charge in [0.1, 0.15) is 0 Å². The third-order valence-corrected chi connectivity index (χ3v) is 7.11. The number of allylic oxidation sites excluding steroid dienone is 1. The van der Waals surface area contributed by atoms with Crippen LogP contribution in [0.4, 0.5) is 0 Å². The average molecular weight is 513 g/mol. The number of carbonyl (C=O) groups is 2. The summed E-state index contributed by atoms with van der Waals surface area (Å²) in [5.41, 5.74) is 0.376. The molecule has 0 fully saturated rings. The fraction of sp³-hybridized carbons (Fsp3) is 0.862. The minimum Gasteiger partial charge on any atom is -0.466 e. The molecule has 0 N–H and O–H groups in total. The summed E-state index contributed by atoms with van der Waals surface area (Å²) in [5.74, 6) is 0.521. The van der Waals surface area contributed by atoms with Crippen molar-refractivity contribution in [3.8, 4) is 0 Å². The first-order valence-corrected chi connectivity index (χ1v) is 13.9. The number of methoxy groups -OCH3 is 1. The van der Waals surface area contributed by atoms with Gasteiger partial charge >= 0.3 is 5.97 Å². The first-order chi connectivity index (χ1) is 17.2. The van der Waals surface area contributed by atoms with E-state index in [1.165, 1.54) is 13.2 Å². The number of esters is 1. The summed E-state index contributed by atoms with van der Waals surface area (Å²) >= 11 is 0. The van der Waals surface area contributed by atoms with Gasteiger partial charge in [0.15, 0.2) is 5.78 Å². The summed E-state index contributed by atoms with van der Waals surface area (Å²) in [5, 5.41) is 0. The molecule has 0 amide bonds. The van der Waals surface area contributed by atoms with Crippen molar-refractivity contribution in [2.75, 3.05) is 46.8 Å². The van der Waals surface area contributed by atoms with E-state index in [9.17, 15) is 9.59 Å². The van der Waals surface area contributed by atoms with Crippen molar-refractivity contribution in [1.82, 2.24) is 0 Å². The Balaban J connectivity index is 3.32. The van der Waals surface area contributed by atoms with Gasteiger partial charge in [-0.25, -0.2) is 4.79 Å². The summed E-state index contributed by atoms with van der Waals surface area (Å²) < 4.78 is 28.8. The maximum Gasteiger partial charge on any atom is 0.333 e. The van der Waals surface area contributed by atoms with Gasteiger partial charge in [0, 0.05) is 31.6 Å². The van der Waals surface area contributed by atoms with Crippen molar-refractivity contribution in [1.29, 1.82) is 0 Å². The Kier molecular flexibility index (Phi) is 17.2. The first-order valence-electron chi connectivity index (χ1n) is 13.9. The molecule has 36 heavy (non-hydrogen) atoms. The van der Waals surface area contributed by atoms with Gasteiger partial charge in [0.05, 0.1) is 45.7 Å². The van der Waals surface area contributed by atoms with Crippen LogP contribution < -0.4 is 0 Å². The molecule has 0 aromatic rings. The second kappa shape index (κ2) is 18.9. The zero-order chi connectivity index (χ0) is 26.9. The van der Waals surface area contributed by atoms with Crippen molar-refractivity contribution < 1.29 is 33.3 Å². The van der Waals surface area contributed by atoms with E-state index in [0.717, 1.165) is 25.7 Å². The molecular weight excluding hydrogens is 460 g/mol. The molecule has 1 rings (SSSR count). The summed E-state index contributed by atoms with van der Waals surface area (Å²) in [6, 6.07) is 0. The molecule has 0 aromatic heterocycles. The smallest absolute Gasteiger partial charge is 0.333 e. The van der Waals surface area contributed by atoms with Gasteiger partial charge in [0.2, 0.25) is 0 Å². The molecule has 0 aromatic carbocycles. The molecule has 0 saturated carbocycles. The quantitative estimate of drug-likeness (QED) is 0.256. The maximum atomic E-state index is 12.8. The molecule has 1 aliphatic rings. The summed E-state index contributed by atoms with van der Waals surface area (Å²) in [6.45, 7) is 16.0. The van der Waals surface area contributed by atoms with Crippen LogP contribution in [0.3, 0.4) is 0 Å². The monoisotopic (exact) mass is 512 g/mol. The van der Waals surface area contributed by atoms with Crippen molar-refractivity contribution >= 4 is 11.8 Å². The molecule has 7 nitrogen and oxygen atoms in total. The molecule has 0 heterocycles. The lowest BCUT2D eigenvalue weighted by molar-refractivity contribution is -0.137. The molecule has 0 saturated heterocycles. The number of rotatable bonds is 12. The Bertz CT molecular complexity index is 646. The standard InChI is InChI=1S/C29H52O7/c1-8-33-13-15-35-27-20-26(21(3)4)28(36-16-14-34-9-2)19-24(29(31)32-7)18-25(30)17-22(5)11-10-12-23(27)6/h18,21-23,26-28H,8-17,19-20H2,1-7H3/b24-18+/t22-,23+,26-,27?,28-/m1/s1. The SMILES string of the molecule is CCOCCOC1C[C@H](C(C)C)[C@H](OCCOCC)C/C(C(=O)OC)=C\C(=O)C[C@H](C)CCC[C@@H]1C. The third-order valence-electron chi connectivity index (χ3n) is 7.11. The van der Waals surface area contributed by atoms with Crippen LogP contribution in [0.25, 0.3) is 0 Å². The predicted octanol–water partition coefficient (Wildman–Crippen LogP) is 5.40. The molecule has 5 atom stereocenters. The normalized spacial score (nSPS) is 28.4. The summed E-state index contributed by atoms with van der Waals surface area (Å²) in [7, 11) is 1.36. The zero-order valence-corrected chi connectivity index (χ0v) is 23.9. The molecule has 0 aliphatic heterocycles. The highest BCUT2D eigenvalue weighted by atomic mass is 16.5. The molecule has 1 aliphatic carbocycles. The number of hydrogen-bond acceptors (Lipinski definition) is 7. The Morgan fingerprint density at radius 1 is 0.944 bits per heavy atom. The molecule has 0 radical (unpaired) electrons. The van der Waals surface area contributed by atoms with Crippen molar-refractivity contribution in [2.24, 2.45) is 23.7 Å². The van der Waals surface area contributed by atoms with Gasteiger partial charge in [0.25, 0.3) is 0 Å². The van der Waals surface area contributed by atoms with E-state index in [1.54, 1.807) is 0 Å². The Morgan fingerprint density at radius 2 is 1.56 bits per heavy atom. The number of ketones is 1. The van der Waals surface area contributed by atoms with Crippen LogP contribution in [0.1, 0.15) is 80.1 Å². The van der Waals surface area contributed by atoms with Gasteiger partial charge < -0.3 is 23.7 Å². The minimum atomic E-state index is -0.470. The van der Waals surface area contributed by atoms with E-state index < -0.39 is 5.97 Å². The van der Waals surface area contributed by atoms with Crippen LogP contribution >= 0.6 is 0 Å². The van der Waals surface area contributed by atoms with Crippen LogP contribution in [0.15, 0.2) is 11.6 Å². The maximum absolute atomic E-state index is 12.8. The highest BCUT2D eigenvalue weighted by molar-refractivity contribution is 5.99. The fourth-order valence-corrected chi connectivity index (χ4v) is 4.95. The van der Waals surface area contributed by atoms with Crippen LogP contribution in [-0.2, 0) is 33.3 Å². The second-order valence-corrected chi connectivity index (χ2v) is 10.4. The van der Waals surface area contributed by atoms with E-state index in [2.05, 4.69) is 27.7 Å². The largest absolute Gasteiger partial charge is 0.466 e. The second-order valence-electron chi connectivity index (χ2n) is 10.4. The van der Waals surface area contributed by atoms with E-state index in [4.69, 9.17) is 23.7 Å². The molecular formula is C29H52O7. The lowest BCUT2D eigenvalue weighted by Gasteiger charge is -2.35. The van der Waals surface area contributed by atoms with Crippen LogP contribution in [0, 0.1) is 23.7 Å². The van der Waals surface area contributed by atoms with Gasteiger partial charge in [-0.2, -0.15) is 0 Å². The fourth-order valence-electron chi connectivity index (χ4n) is 4.95. The van der Waals surface area contributed by atoms with E-state index >= 15 is 0 Å². The molecule has 7 heteroatoms. The van der Waals surface area contributed by atoms with Crippen LogP contribution in [-0.4, -0.2) is 70.7 Å². The van der Waals surface area contributed by atoms with Gasteiger partial charge in [-0.15, -0.1) is 0 Å². The highest BCUT2D eigenvalue weighted by Crippen LogP contribution is 2.33. The lowest BCUT2D eigenvalue weighted by atomic mass is 9.79. The number of hydrogen-bond donors (Lipinski definition) is 0. The van der Waals surface area contributed by atoms with E-state index in [-0.39, 0.29) is 35.7 Å². The number of ether oxygens (including phenoxy) is 5. The highest BCUT2D eigenvalue weighted by Gasteiger charge is 2.33. The predicted molar refractivity (Wildman–Crippen MR) is 142 cm³/mol. The summed E-state index contributed by atoms with van der Waals surface area (Å²) in [6.07, 6.45) is 5.88. The third kappa shape index (κ3) is 12.8. The van der Waals surface area contributed by atoms with Crippen molar-refractivity contribution in [2.45, 2.75) is 92.3 Å². The van der Waals surface area contributed by atoms with E-state index in [0.29, 0.717) is 64.0 Å². The van der Waals surface area contributed by atoms with E-state index in [1.807, 2.05) is 13.8 Å². The zero-order valence-electron chi connectivity index (χ0n) is 23.9. The Hall–Kier alpha value is -1.28. The van der Waals surface area contributed by atoms with Gasteiger partial charge in [-0.1, -0.05) is 40.5 Å². The Labute approximate surface area is 219 Å². The minimum absolute atomic E-state index is 0.0284. The topological polar surface area (TPSA) is 80.3 Å². The molecule has 0 bridgehead atoms. The number of carbonyl (C=O) groups excluding carboxylic acids is 2. The molecule has 1 unspecified atom stereocenters. The first kappa shape index (κ1) is 32.7. The average Bonchev–Trinajstić information content (AvgIpc) is 2.83. The molecule has 210 valence electrons. The van der Waals surface area contributed by atoms with Gasteiger partial charge in [-0.3, -0.25) is 4.79 Å². The van der Waals surface area contributed by atoms with Crippen molar-refractivity contribution in [3.05, 3.63) is 11.6 Å². The molecule has 0 spiro atoms. The van der Waals surface area contributed by atoms with Crippen LogP contribution in [0.5, 0.6) is 0 Å². The van der Waals surface area contributed by atoms with Crippen molar-refractivity contribution in [3.63, 3.8) is 0 Å². The summed E-state index contributed by atoms with van der Waals surface area (Å²) in [4.78, 5) is 25.5. The Morgan fingerprint density at radius 3 is 2.11 bits per heavy atom. The van der Waals surface area contributed by atoms with Crippen LogP contribution in [0.2, 0.25) is 0 Å².